The molecule has 168 valence electrons. The smallest absolute Gasteiger partial charge is 0.325 e. The summed E-state index contributed by atoms with van der Waals surface area (Å²) in [5.74, 6) is -0.772. The average Bonchev–Trinajstić information content (AvgIpc) is 2.74. The van der Waals surface area contributed by atoms with Crippen LogP contribution < -0.4 is 10.0 Å². The molecule has 0 atom stereocenters. The summed E-state index contributed by atoms with van der Waals surface area (Å²) in [5.41, 5.74) is -1.07. The number of thioether (sulfide) groups is 1. The van der Waals surface area contributed by atoms with Gasteiger partial charge in [-0.05, 0) is 54.6 Å². The highest BCUT2D eigenvalue weighted by Crippen LogP contribution is 2.36. The van der Waals surface area contributed by atoms with E-state index in [1.165, 1.54) is 30.3 Å². The lowest BCUT2D eigenvalue weighted by Crippen LogP contribution is -2.18. The molecule has 3 aromatic carbocycles. The van der Waals surface area contributed by atoms with Gasteiger partial charge in [0.2, 0.25) is 5.91 Å². The highest BCUT2D eigenvalue weighted by atomic mass is 35.5. The van der Waals surface area contributed by atoms with E-state index < -0.39 is 27.7 Å². The van der Waals surface area contributed by atoms with E-state index in [0.29, 0.717) is 10.6 Å². The summed E-state index contributed by atoms with van der Waals surface area (Å²) in [4.78, 5) is 12.9. The Morgan fingerprint density at radius 1 is 0.969 bits per heavy atom. The Morgan fingerprint density at radius 2 is 1.62 bits per heavy atom. The van der Waals surface area contributed by atoms with Crippen LogP contribution in [0, 0.1) is 0 Å². The monoisotopic (exact) mass is 500 g/mol. The number of carbonyl (C=O) groups excluding carboxylic acids is 1. The van der Waals surface area contributed by atoms with E-state index in [-0.39, 0.29) is 21.4 Å². The number of nitrogens with one attached hydrogen (secondary N) is 2. The number of amides is 1. The molecule has 0 aliphatic heterocycles. The lowest BCUT2D eigenvalue weighted by atomic mass is 10.1. The summed E-state index contributed by atoms with van der Waals surface area (Å²) in [6.45, 7) is 0. The van der Waals surface area contributed by atoms with Crippen molar-refractivity contribution in [1.82, 2.24) is 0 Å². The lowest BCUT2D eigenvalue weighted by Gasteiger charge is -2.14. The van der Waals surface area contributed by atoms with Gasteiger partial charge in [-0.2, -0.15) is 13.2 Å². The molecule has 5 nitrogen and oxygen atoms in total. The third-order valence-electron chi connectivity index (χ3n) is 4.09. The predicted octanol–water partition coefficient (Wildman–Crippen LogP) is 5.89. The number of hydrogen-bond acceptors (Lipinski definition) is 4. The van der Waals surface area contributed by atoms with E-state index in [1.54, 1.807) is 30.3 Å². The Labute approximate surface area is 192 Å². The Balaban J connectivity index is 1.60. The highest BCUT2D eigenvalue weighted by molar-refractivity contribution is 8.00. The Hall–Kier alpha value is -2.69. The molecule has 0 unspecified atom stereocenters. The van der Waals surface area contributed by atoms with Gasteiger partial charge in [0.1, 0.15) is 0 Å². The normalized spacial score (nSPS) is 11.8. The van der Waals surface area contributed by atoms with Crippen molar-refractivity contribution in [2.75, 3.05) is 15.8 Å². The first kappa shape index (κ1) is 24.0. The van der Waals surface area contributed by atoms with Crippen molar-refractivity contribution in [2.45, 2.75) is 16.0 Å². The fraction of sp³-hybridized carbons (Fsp3) is 0.0952. The summed E-state index contributed by atoms with van der Waals surface area (Å²) in [5, 5.41) is 2.15. The highest BCUT2D eigenvalue weighted by Gasteiger charge is 2.34. The summed E-state index contributed by atoms with van der Waals surface area (Å²) >= 11 is 6.72. The van der Waals surface area contributed by atoms with Crippen LogP contribution >= 0.6 is 23.4 Å². The maximum Gasteiger partial charge on any atom is 0.418 e. The minimum Gasteiger partial charge on any atom is -0.325 e. The van der Waals surface area contributed by atoms with Gasteiger partial charge >= 0.3 is 6.18 Å². The number of halogens is 4. The molecule has 0 saturated carbocycles. The van der Waals surface area contributed by atoms with E-state index in [9.17, 15) is 26.4 Å². The van der Waals surface area contributed by atoms with Crippen LogP contribution in [0.15, 0.2) is 82.6 Å². The molecule has 1 amide bonds. The van der Waals surface area contributed by atoms with Gasteiger partial charge in [0.05, 0.1) is 21.9 Å². The second-order valence-corrected chi connectivity index (χ2v) is 9.64. The number of anilines is 2. The molecular formula is C21H16ClF3N2O3S2. The molecule has 0 spiro atoms. The van der Waals surface area contributed by atoms with E-state index in [4.69, 9.17) is 11.6 Å². The van der Waals surface area contributed by atoms with Crippen LogP contribution in [0.5, 0.6) is 0 Å². The minimum absolute atomic E-state index is 0.0901. The molecule has 3 aromatic rings. The van der Waals surface area contributed by atoms with E-state index in [1.807, 2.05) is 0 Å². The number of alkyl halides is 3. The van der Waals surface area contributed by atoms with Crippen molar-refractivity contribution in [3.63, 3.8) is 0 Å². The van der Waals surface area contributed by atoms with Crippen molar-refractivity contribution in [3.8, 4) is 0 Å². The van der Waals surface area contributed by atoms with Crippen LogP contribution in [-0.4, -0.2) is 20.1 Å². The zero-order valence-corrected chi connectivity index (χ0v) is 18.6. The molecule has 32 heavy (non-hydrogen) atoms. The first-order valence-electron chi connectivity index (χ1n) is 9.02. The number of benzene rings is 3. The SMILES string of the molecule is O=C(CSc1ccc(NS(=O)(=O)c2ccccc2)cc1)Nc1ccc(Cl)cc1C(F)(F)F. The quantitative estimate of drug-likeness (QED) is 0.397. The molecule has 3 rings (SSSR count). The maximum absolute atomic E-state index is 13.1. The zero-order chi connectivity index (χ0) is 23.4. The topological polar surface area (TPSA) is 75.3 Å². The second kappa shape index (κ2) is 9.85. The zero-order valence-electron chi connectivity index (χ0n) is 16.2. The predicted molar refractivity (Wildman–Crippen MR) is 120 cm³/mol. The number of hydrogen-bond donors (Lipinski definition) is 2. The van der Waals surface area contributed by atoms with Crippen LogP contribution in [-0.2, 0) is 21.0 Å². The average molecular weight is 501 g/mol. The molecule has 2 N–H and O–H groups in total. The summed E-state index contributed by atoms with van der Waals surface area (Å²) in [6, 6.07) is 17.2. The van der Waals surface area contributed by atoms with Crippen molar-refractivity contribution in [2.24, 2.45) is 0 Å². The largest absolute Gasteiger partial charge is 0.418 e. The molecule has 0 aliphatic carbocycles. The van der Waals surface area contributed by atoms with E-state index >= 15 is 0 Å². The summed E-state index contributed by atoms with van der Waals surface area (Å²) in [6.07, 6.45) is -4.66. The molecule has 0 aliphatic rings. The van der Waals surface area contributed by atoms with Crippen molar-refractivity contribution in [1.29, 1.82) is 0 Å². The second-order valence-electron chi connectivity index (χ2n) is 6.47. The van der Waals surface area contributed by atoms with E-state index in [2.05, 4.69) is 10.0 Å². The van der Waals surface area contributed by atoms with Crippen LogP contribution in [0.2, 0.25) is 5.02 Å². The van der Waals surface area contributed by atoms with Gasteiger partial charge in [0.25, 0.3) is 10.0 Å². The number of rotatable bonds is 7. The van der Waals surface area contributed by atoms with Gasteiger partial charge in [0.15, 0.2) is 0 Å². The first-order valence-corrected chi connectivity index (χ1v) is 11.9. The van der Waals surface area contributed by atoms with Crippen molar-refractivity contribution < 1.29 is 26.4 Å². The Kier molecular flexibility index (Phi) is 7.37. The fourth-order valence-corrected chi connectivity index (χ4v) is 4.58. The van der Waals surface area contributed by atoms with Gasteiger partial charge < -0.3 is 5.32 Å². The molecular weight excluding hydrogens is 485 g/mol. The van der Waals surface area contributed by atoms with Crippen molar-refractivity contribution >= 4 is 50.7 Å². The van der Waals surface area contributed by atoms with Gasteiger partial charge in [-0.15, -0.1) is 11.8 Å². The van der Waals surface area contributed by atoms with Crippen molar-refractivity contribution in [3.05, 3.63) is 83.4 Å². The van der Waals surface area contributed by atoms with Gasteiger partial charge in [0, 0.05) is 15.6 Å². The van der Waals surface area contributed by atoms with Crippen LogP contribution in [0.25, 0.3) is 0 Å². The third kappa shape index (κ3) is 6.41. The summed E-state index contributed by atoms with van der Waals surface area (Å²) < 4.78 is 66.5. The van der Waals surface area contributed by atoms with E-state index in [0.717, 1.165) is 23.9 Å². The molecule has 0 bridgehead atoms. The minimum atomic E-state index is -4.66. The molecule has 0 heterocycles. The molecule has 0 radical (unpaired) electrons. The lowest BCUT2D eigenvalue weighted by molar-refractivity contribution is -0.137. The fourth-order valence-electron chi connectivity index (χ4n) is 2.63. The molecule has 0 fully saturated rings. The Morgan fingerprint density at radius 3 is 2.25 bits per heavy atom. The molecule has 0 saturated heterocycles. The van der Waals surface area contributed by atoms with Gasteiger partial charge in [-0.3, -0.25) is 9.52 Å². The Bertz CT molecular complexity index is 1200. The van der Waals surface area contributed by atoms with Crippen LogP contribution in [0.1, 0.15) is 5.56 Å². The van der Waals surface area contributed by atoms with Crippen LogP contribution in [0.3, 0.4) is 0 Å². The van der Waals surface area contributed by atoms with Gasteiger partial charge in [-0.25, -0.2) is 8.42 Å². The van der Waals surface area contributed by atoms with Crippen LogP contribution in [0.4, 0.5) is 24.5 Å². The number of sulfonamides is 1. The number of carbonyl (C=O) groups is 1. The molecule has 0 aromatic heterocycles. The maximum atomic E-state index is 13.1. The first-order chi connectivity index (χ1) is 15.0. The summed E-state index contributed by atoms with van der Waals surface area (Å²) in [7, 11) is -3.73. The molecule has 11 heteroatoms. The third-order valence-corrected chi connectivity index (χ3v) is 6.74. The standard InChI is InChI=1S/C21H16ClF3N2O3S2/c22-14-6-11-19(18(12-14)21(23,24)25)26-20(28)13-31-16-9-7-15(8-10-16)27-32(29,30)17-4-2-1-3-5-17/h1-12,27H,13H2,(H,26,28). The van der Waals surface area contributed by atoms with Gasteiger partial charge in [-0.1, -0.05) is 29.8 Å².